The van der Waals surface area contributed by atoms with Gasteiger partial charge in [-0.25, -0.2) is 4.39 Å². The number of nitrogens with two attached hydrogens (primary N) is 1. The summed E-state index contributed by atoms with van der Waals surface area (Å²) in [5.74, 6) is 1.41. The molecule has 2 aliphatic heterocycles. The highest BCUT2D eigenvalue weighted by atomic mass is 35.5. The Morgan fingerprint density at radius 2 is 2.08 bits per heavy atom. The molecule has 1 saturated carbocycles. The number of hydrogen-bond acceptors (Lipinski definition) is 6. The van der Waals surface area contributed by atoms with E-state index in [2.05, 4.69) is 4.90 Å². The second-order valence-corrected chi connectivity index (χ2v) is 10.6. The van der Waals surface area contributed by atoms with Crippen LogP contribution in [-0.2, 0) is 9.53 Å². The molecule has 1 aliphatic carbocycles. The second-order valence-electron chi connectivity index (χ2n) is 10.2. The lowest BCUT2D eigenvalue weighted by Crippen LogP contribution is -2.55. The molecular weight excluding hydrogens is 497 g/mol. The number of carbonyl (C=O) groups is 1. The number of benzene rings is 2. The lowest BCUT2D eigenvalue weighted by Gasteiger charge is -2.44. The van der Waals surface area contributed by atoms with Gasteiger partial charge < -0.3 is 29.7 Å². The fourth-order valence-corrected chi connectivity index (χ4v) is 6.30. The summed E-state index contributed by atoms with van der Waals surface area (Å²) in [6, 6.07) is 7.68. The van der Waals surface area contributed by atoms with E-state index in [4.69, 9.17) is 31.5 Å². The number of nitrogen functional groups attached to an aromatic ring is 1. The standard InChI is InChI=1S/C28H35ClFN3O4/c1-35-25-16-32(11-3-13-36-20-8-6-19(30)7-9-20)12-10-23(25)33(17-34)24-15-22(29)27(31)26-18-4-2-5-21(14-18)37-28(24)26/h6-9,15,17-18,21,23,25H,2-5,10-14,16,31H2,1H3. The largest absolute Gasteiger partial charge is 0.494 e. The van der Waals surface area contributed by atoms with Crippen molar-refractivity contribution in [3.8, 4) is 11.5 Å². The molecule has 0 spiro atoms. The first-order valence-electron chi connectivity index (χ1n) is 13.1. The van der Waals surface area contributed by atoms with Crippen LogP contribution in [0.5, 0.6) is 11.5 Å². The normalized spacial score (nSPS) is 25.2. The molecule has 1 saturated heterocycles. The molecular formula is C28H35ClFN3O4. The van der Waals surface area contributed by atoms with Crippen molar-refractivity contribution in [1.29, 1.82) is 0 Å². The molecule has 37 heavy (non-hydrogen) atoms. The Hall–Kier alpha value is -2.55. The van der Waals surface area contributed by atoms with Crippen molar-refractivity contribution in [1.82, 2.24) is 4.90 Å². The molecule has 200 valence electrons. The van der Waals surface area contributed by atoms with Gasteiger partial charge in [-0.2, -0.15) is 0 Å². The van der Waals surface area contributed by atoms with Crippen molar-refractivity contribution in [3.05, 3.63) is 46.7 Å². The molecule has 5 rings (SSSR count). The van der Waals surface area contributed by atoms with Gasteiger partial charge in [0, 0.05) is 32.3 Å². The number of likely N-dealkylation sites (tertiary alicyclic amines) is 1. The van der Waals surface area contributed by atoms with Gasteiger partial charge in [0.05, 0.1) is 41.3 Å². The molecule has 7 nitrogen and oxygen atoms in total. The van der Waals surface area contributed by atoms with Crippen LogP contribution in [-0.4, -0.2) is 62.9 Å². The average Bonchev–Trinajstić information content (AvgIpc) is 2.91. The lowest BCUT2D eigenvalue weighted by molar-refractivity contribution is -0.109. The van der Waals surface area contributed by atoms with Crippen molar-refractivity contribution >= 4 is 29.4 Å². The number of amides is 1. The minimum absolute atomic E-state index is 0.149. The van der Waals surface area contributed by atoms with Gasteiger partial charge in [-0.05, 0) is 74.8 Å². The Morgan fingerprint density at radius 3 is 2.84 bits per heavy atom. The summed E-state index contributed by atoms with van der Waals surface area (Å²) in [5, 5.41) is 0.459. The van der Waals surface area contributed by atoms with E-state index in [0.717, 1.165) is 63.6 Å². The Kier molecular flexibility index (Phi) is 8.07. The molecule has 2 heterocycles. The minimum Gasteiger partial charge on any atom is -0.494 e. The summed E-state index contributed by atoms with van der Waals surface area (Å²) in [6.07, 6.45) is 6.55. The van der Waals surface area contributed by atoms with Crippen LogP contribution in [0, 0.1) is 5.82 Å². The molecule has 0 radical (unpaired) electrons. The summed E-state index contributed by atoms with van der Waals surface area (Å²) in [4.78, 5) is 16.6. The van der Waals surface area contributed by atoms with Crippen molar-refractivity contribution in [3.63, 3.8) is 0 Å². The van der Waals surface area contributed by atoms with Gasteiger partial charge in [0.15, 0.2) is 0 Å². The quantitative estimate of drug-likeness (QED) is 0.279. The molecule has 9 heteroatoms. The van der Waals surface area contributed by atoms with Gasteiger partial charge in [-0.1, -0.05) is 11.6 Å². The molecule has 2 bridgehead atoms. The molecule has 2 N–H and O–H groups in total. The zero-order valence-electron chi connectivity index (χ0n) is 21.2. The maximum Gasteiger partial charge on any atom is 0.214 e. The Balaban J connectivity index is 1.26. The van der Waals surface area contributed by atoms with Gasteiger partial charge in [0.1, 0.15) is 17.3 Å². The van der Waals surface area contributed by atoms with E-state index in [0.29, 0.717) is 47.0 Å². The van der Waals surface area contributed by atoms with Crippen molar-refractivity contribution in [2.24, 2.45) is 0 Å². The smallest absolute Gasteiger partial charge is 0.214 e. The van der Waals surface area contributed by atoms with Crippen LogP contribution in [0.4, 0.5) is 15.8 Å². The van der Waals surface area contributed by atoms with E-state index in [-0.39, 0.29) is 24.1 Å². The second kappa shape index (κ2) is 11.5. The summed E-state index contributed by atoms with van der Waals surface area (Å²) in [7, 11) is 1.69. The Morgan fingerprint density at radius 1 is 1.27 bits per heavy atom. The zero-order valence-corrected chi connectivity index (χ0v) is 22.0. The third-order valence-corrected chi connectivity index (χ3v) is 8.28. The van der Waals surface area contributed by atoms with Crippen molar-refractivity contribution in [2.45, 2.75) is 62.7 Å². The SMILES string of the molecule is COC1CN(CCCOc2ccc(F)cc2)CCC1N(C=O)c1cc(Cl)c(N)c2c1OC1CCCC2C1. The zero-order chi connectivity index (χ0) is 25.9. The third kappa shape index (κ3) is 5.52. The average molecular weight is 532 g/mol. The monoisotopic (exact) mass is 531 g/mol. The first kappa shape index (κ1) is 26.1. The highest BCUT2D eigenvalue weighted by molar-refractivity contribution is 6.33. The lowest BCUT2D eigenvalue weighted by atomic mass is 9.79. The number of ether oxygens (including phenoxy) is 3. The predicted molar refractivity (Wildman–Crippen MR) is 142 cm³/mol. The number of carbonyl (C=O) groups excluding carboxylic acids is 1. The van der Waals surface area contributed by atoms with Crippen LogP contribution < -0.4 is 20.1 Å². The number of fused-ring (bicyclic) bond motifs is 4. The van der Waals surface area contributed by atoms with Crippen molar-refractivity contribution < 1.29 is 23.4 Å². The molecule has 4 atom stereocenters. The van der Waals surface area contributed by atoms with Crippen LogP contribution in [0.25, 0.3) is 0 Å². The summed E-state index contributed by atoms with van der Waals surface area (Å²) in [6.45, 7) is 2.89. The van der Waals surface area contributed by atoms with Gasteiger partial charge in [-0.15, -0.1) is 0 Å². The van der Waals surface area contributed by atoms with E-state index in [1.807, 2.05) is 0 Å². The highest BCUT2D eigenvalue weighted by Crippen LogP contribution is 2.52. The fraction of sp³-hybridized carbons (Fsp3) is 0.536. The van der Waals surface area contributed by atoms with Gasteiger partial charge in [-0.3, -0.25) is 4.79 Å². The van der Waals surface area contributed by atoms with Gasteiger partial charge >= 0.3 is 0 Å². The number of halogens is 2. The summed E-state index contributed by atoms with van der Waals surface area (Å²) < 4.78 is 31.1. The maximum absolute atomic E-state index is 13.1. The molecule has 2 aromatic rings. The number of piperidine rings is 1. The molecule has 4 unspecified atom stereocenters. The van der Waals surface area contributed by atoms with Crippen LogP contribution in [0.1, 0.15) is 50.0 Å². The van der Waals surface area contributed by atoms with Crippen LogP contribution in [0.15, 0.2) is 30.3 Å². The molecule has 2 aromatic carbocycles. The fourth-order valence-electron chi connectivity index (χ4n) is 6.10. The number of methoxy groups -OCH3 is 1. The van der Waals surface area contributed by atoms with Gasteiger partial charge in [0.25, 0.3) is 0 Å². The third-order valence-electron chi connectivity index (χ3n) is 7.97. The molecule has 0 aromatic heterocycles. The first-order chi connectivity index (χ1) is 18.0. The van der Waals surface area contributed by atoms with Crippen LogP contribution >= 0.6 is 11.6 Å². The number of hydrogen-bond donors (Lipinski definition) is 1. The molecule has 1 amide bonds. The maximum atomic E-state index is 13.1. The number of nitrogens with zero attached hydrogens (tertiary/aromatic N) is 2. The number of anilines is 2. The minimum atomic E-state index is -0.277. The first-order valence-corrected chi connectivity index (χ1v) is 13.5. The van der Waals surface area contributed by atoms with E-state index >= 15 is 0 Å². The van der Waals surface area contributed by atoms with Crippen LogP contribution in [0.3, 0.4) is 0 Å². The van der Waals surface area contributed by atoms with Crippen molar-refractivity contribution in [2.75, 3.05) is 44.0 Å². The van der Waals surface area contributed by atoms with E-state index in [1.165, 1.54) is 12.1 Å². The highest BCUT2D eigenvalue weighted by Gasteiger charge is 2.40. The predicted octanol–water partition coefficient (Wildman–Crippen LogP) is 5.00. The molecule has 3 aliphatic rings. The van der Waals surface area contributed by atoms with Crippen LogP contribution in [0.2, 0.25) is 5.02 Å². The van der Waals surface area contributed by atoms with E-state index in [1.54, 1.807) is 30.2 Å². The van der Waals surface area contributed by atoms with E-state index in [9.17, 15) is 9.18 Å². The van der Waals surface area contributed by atoms with E-state index < -0.39 is 0 Å². The Labute approximate surface area is 222 Å². The number of rotatable bonds is 9. The topological polar surface area (TPSA) is 77.3 Å². The molecule has 2 fully saturated rings. The summed E-state index contributed by atoms with van der Waals surface area (Å²) >= 11 is 6.59. The van der Waals surface area contributed by atoms with Gasteiger partial charge in [0.2, 0.25) is 6.41 Å². The Bertz CT molecular complexity index is 1100. The summed E-state index contributed by atoms with van der Waals surface area (Å²) in [5.41, 5.74) is 8.64.